The zero-order chi connectivity index (χ0) is 13.5. The molecule has 0 saturated heterocycles. The maximum atomic E-state index is 12.0. The molecule has 20 heavy (non-hydrogen) atoms. The number of aromatic amines is 1. The van der Waals surface area contributed by atoms with Gasteiger partial charge in [-0.3, -0.25) is 9.89 Å². The van der Waals surface area contributed by atoms with Crippen LogP contribution >= 0.6 is 12.4 Å². The van der Waals surface area contributed by atoms with E-state index in [0.717, 1.165) is 43.7 Å². The molecule has 1 amide bonds. The monoisotopic (exact) mass is 302 g/mol. The minimum atomic E-state index is -0.125. The maximum absolute atomic E-state index is 12.0. The smallest absolute Gasteiger partial charge is 0.272 e. The first-order valence-electron chi connectivity index (χ1n) is 6.95. The second kappa shape index (κ2) is 8.94. The zero-order valence-electron chi connectivity index (χ0n) is 11.8. The number of unbranched alkanes of at least 4 members (excludes halogenated alkanes) is 1. The Kier molecular flexibility index (Phi) is 7.58. The summed E-state index contributed by atoms with van der Waals surface area (Å²) in [5, 5.41) is 13.1. The molecule has 1 aliphatic heterocycles. The molecule has 0 aromatic carbocycles. The van der Waals surface area contributed by atoms with Crippen molar-refractivity contribution in [3.63, 3.8) is 0 Å². The standard InChI is InChI=1S/C13H22N4O2.ClH/c1-2-3-7-19-8-6-15-13(18)12-10-9-14-5-4-11(10)16-17-12;/h14H,2-9H2,1H3,(H,15,18)(H,16,17);1H. The highest BCUT2D eigenvalue weighted by molar-refractivity contribution is 5.94. The minimum Gasteiger partial charge on any atom is -0.380 e. The summed E-state index contributed by atoms with van der Waals surface area (Å²) in [5.41, 5.74) is 2.58. The fraction of sp³-hybridized carbons (Fsp3) is 0.692. The van der Waals surface area contributed by atoms with Gasteiger partial charge in [0.15, 0.2) is 5.69 Å². The Morgan fingerprint density at radius 3 is 3.10 bits per heavy atom. The van der Waals surface area contributed by atoms with E-state index in [9.17, 15) is 4.79 Å². The van der Waals surface area contributed by atoms with Gasteiger partial charge in [-0.05, 0) is 6.42 Å². The van der Waals surface area contributed by atoms with Gasteiger partial charge in [-0.15, -0.1) is 12.4 Å². The first-order valence-corrected chi connectivity index (χ1v) is 6.95. The second-order valence-corrected chi connectivity index (χ2v) is 4.68. The summed E-state index contributed by atoms with van der Waals surface area (Å²) < 4.78 is 5.40. The molecule has 0 atom stereocenters. The van der Waals surface area contributed by atoms with Crippen molar-refractivity contribution in [1.29, 1.82) is 0 Å². The van der Waals surface area contributed by atoms with Crippen molar-refractivity contribution < 1.29 is 9.53 Å². The Balaban J connectivity index is 0.00000200. The highest BCUT2D eigenvalue weighted by Gasteiger charge is 2.20. The number of nitrogens with zero attached hydrogens (tertiary/aromatic N) is 1. The van der Waals surface area contributed by atoms with E-state index in [4.69, 9.17) is 4.74 Å². The van der Waals surface area contributed by atoms with Crippen molar-refractivity contribution in [3.05, 3.63) is 17.0 Å². The van der Waals surface area contributed by atoms with Gasteiger partial charge in [-0.25, -0.2) is 0 Å². The van der Waals surface area contributed by atoms with Crippen LogP contribution in [0, 0.1) is 0 Å². The fourth-order valence-electron chi connectivity index (χ4n) is 2.08. The number of fused-ring (bicyclic) bond motifs is 1. The van der Waals surface area contributed by atoms with Crippen LogP contribution in [0.15, 0.2) is 0 Å². The third-order valence-corrected chi connectivity index (χ3v) is 3.20. The molecule has 2 rings (SSSR count). The second-order valence-electron chi connectivity index (χ2n) is 4.68. The molecule has 0 spiro atoms. The summed E-state index contributed by atoms with van der Waals surface area (Å²) in [5.74, 6) is -0.125. The summed E-state index contributed by atoms with van der Waals surface area (Å²) in [7, 11) is 0. The molecule has 1 aliphatic rings. The minimum absolute atomic E-state index is 0. The lowest BCUT2D eigenvalue weighted by molar-refractivity contribution is 0.0907. The van der Waals surface area contributed by atoms with Crippen LogP contribution in [0.4, 0.5) is 0 Å². The lowest BCUT2D eigenvalue weighted by Gasteiger charge is -2.12. The molecular formula is C13H23ClN4O2. The Hall–Kier alpha value is -1.11. The number of halogens is 1. The molecule has 6 nitrogen and oxygen atoms in total. The van der Waals surface area contributed by atoms with Crippen molar-refractivity contribution in [3.8, 4) is 0 Å². The Morgan fingerprint density at radius 2 is 2.30 bits per heavy atom. The first-order chi connectivity index (χ1) is 9.33. The summed E-state index contributed by atoms with van der Waals surface area (Å²) in [4.78, 5) is 12.0. The average Bonchev–Trinajstić information content (AvgIpc) is 2.86. The summed E-state index contributed by atoms with van der Waals surface area (Å²) >= 11 is 0. The largest absolute Gasteiger partial charge is 0.380 e. The van der Waals surface area contributed by atoms with E-state index in [-0.39, 0.29) is 18.3 Å². The van der Waals surface area contributed by atoms with Crippen LogP contribution in [-0.2, 0) is 17.7 Å². The van der Waals surface area contributed by atoms with Crippen LogP contribution < -0.4 is 10.6 Å². The lowest BCUT2D eigenvalue weighted by atomic mass is 10.1. The van der Waals surface area contributed by atoms with E-state index in [2.05, 4.69) is 27.8 Å². The predicted octanol–water partition coefficient (Wildman–Crippen LogP) is 1.02. The maximum Gasteiger partial charge on any atom is 0.272 e. The molecule has 0 aliphatic carbocycles. The van der Waals surface area contributed by atoms with Crippen LogP contribution in [0.25, 0.3) is 0 Å². The Morgan fingerprint density at radius 1 is 1.45 bits per heavy atom. The highest BCUT2D eigenvalue weighted by atomic mass is 35.5. The van der Waals surface area contributed by atoms with E-state index in [1.807, 2.05) is 0 Å². The van der Waals surface area contributed by atoms with Gasteiger partial charge in [-0.2, -0.15) is 5.10 Å². The molecule has 0 saturated carbocycles. The topological polar surface area (TPSA) is 79.0 Å². The van der Waals surface area contributed by atoms with Crippen molar-refractivity contribution in [1.82, 2.24) is 20.8 Å². The molecule has 7 heteroatoms. The molecule has 1 aromatic heterocycles. The van der Waals surface area contributed by atoms with Crippen molar-refractivity contribution in [2.75, 3.05) is 26.3 Å². The third kappa shape index (κ3) is 4.47. The number of carbonyl (C=O) groups is 1. The number of rotatable bonds is 7. The summed E-state index contributed by atoms with van der Waals surface area (Å²) in [6, 6.07) is 0. The molecule has 0 bridgehead atoms. The normalized spacial score (nSPS) is 13.4. The molecule has 0 fully saturated rings. The number of H-pyrrole nitrogens is 1. The van der Waals surface area contributed by atoms with Crippen LogP contribution in [0.2, 0.25) is 0 Å². The van der Waals surface area contributed by atoms with Crippen LogP contribution in [-0.4, -0.2) is 42.4 Å². The van der Waals surface area contributed by atoms with Crippen molar-refractivity contribution >= 4 is 18.3 Å². The van der Waals surface area contributed by atoms with Gasteiger partial charge in [0.2, 0.25) is 0 Å². The number of hydrogen-bond acceptors (Lipinski definition) is 4. The van der Waals surface area contributed by atoms with Gasteiger partial charge in [0, 0.05) is 43.9 Å². The molecule has 3 N–H and O–H groups in total. The predicted molar refractivity (Wildman–Crippen MR) is 79.3 cm³/mol. The van der Waals surface area contributed by atoms with E-state index in [1.54, 1.807) is 0 Å². The Bertz CT molecular complexity index is 423. The first kappa shape index (κ1) is 16.9. The van der Waals surface area contributed by atoms with Gasteiger partial charge in [0.1, 0.15) is 0 Å². The molecule has 1 aromatic rings. The fourth-order valence-corrected chi connectivity index (χ4v) is 2.08. The van der Waals surface area contributed by atoms with Gasteiger partial charge < -0.3 is 15.4 Å². The number of hydrogen-bond donors (Lipinski definition) is 3. The van der Waals surface area contributed by atoms with Crippen LogP contribution in [0.5, 0.6) is 0 Å². The zero-order valence-corrected chi connectivity index (χ0v) is 12.6. The lowest BCUT2D eigenvalue weighted by Crippen LogP contribution is -2.30. The van der Waals surface area contributed by atoms with E-state index in [0.29, 0.717) is 25.4 Å². The number of amides is 1. The average molecular weight is 303 g/mol. The van der Waals surface area contributed by atoms with Crippen LogP contribution in [0.1, 0.15) is 41.5 Å². The van der Waals surface area contributed by atoms with E-state index >= 15 is 0 Å². The van der Waals surface area contributed by atoms with E-state index in [1.165, 1.54) is 0 Å². The molecule has 114 valence electrons. The van der Waals surface area contributed by atoms with Gasteiger partial charge >= 0.3 is 0 Å². The number of carbonyl (C=O) groups excluding carboxylic acids is 1. The molecule has 0 unspecified atom stereocenters. The number of nitrogens with one attached hydrogen (secondary N) is 3. The van der Waals surface area contributed by atoms with Crippen molar-refractivity contribution in [2.24, 2.45) is 0 Å². The summed E-state index contributed by atoms with van der Waals surface area (Å²) in [6.07, 6.45) is 3.08. The Labute approximate surface area is 125 Å². The quantitative estimate of drug-likeness (QED) is 0.657. The number of ether oxygens (including phenoxy) is 1. The molecule has 2 heterocycles. The SMILES string of the molecule is CCCCOCCNC(=O)c1n[nH]c2c1CNCC2.Cl. The van der Waals surface area contributed by atoms with E-state index < -0.39 is 0 Å². The molecule has 0 radical (unpaired) electrons. The third-order valence-electron chi connectivity index (χ3n) is 3.20. The van der Waals surface area contributed by atoms with Gasteiger partial charge in [0.05, 0.1) is 6.61 Å². The van der Waals surface area contributed by atoms with Gasteiger partial charge in [-0.1, -0.05) is 13.3 Å². The summed E-state index contributed by atoms with van der Waals surface area (Å²) in [6.45, 7) is 5.60. The van der Waals surface area contributed by atoms with Crippen LogP contribution in [0.3, 0.4) is 0 Å². The number of aromatic nitrogens is 2. The highest BCUT2D eigenvalue weighted by Crippen LogP contribution is 2.14. The van der Waals surface area contributed by atoms with Crippen molar-refractivity contribution in [2.45, 2.75) is 32.7 Å². The van der Waals surface area contributed by atoms with Gasteiger partial charge in [0.25, 0.3) is 5.91 Å². The molecular weight excluding hydrogens is 280 g/mol.